The quantitative estimate of drug-likeness (QED) is 0.635. The number of morpholine rings is 1. The van der Waals surface area contributed by atoms with Crippen LogP contribution >= 0.6 is 0 Å². The normalized spacial score (nSPS) is 19.3. The number of ether oxygens (including phenoxy) is 2. The molecule has 9 nitrogen and oxygen atoms in total. The molecule has 1 N–H and O–H groups in total. The van der Waals surface area contributed by atoms with E-state index in [9.17, 15) is 10.1 Å². The molecule has 0 amide bonds. The summed E-state index contributed by atoms with van der Waals surface area (Å²) in [4.78, 5) is 21.7. The molecular weight excluding hydrogens is 314 g/mol. The lowest BCUT2D eigenvalue weighted by Crippen LogP contribution is -2.37. The van der Waals surface area contributed by atoms with Crippen LogP contribution < -0.4 is 10.2 Å². The molecular formula is C15H23N5O4. The van der Waals surface area contributed by atoms with Gasteiger partial charge in [-0.3, -0.25) is 10.1 Å². The van der Waals surface area contributed by atoms with E-state index in [0.29, 0.717) is 49.7 Å². The standard InChI is InChI=1S/C15H23N5O4/c1-11-13(20(21)22)14(19-4-8-24-9-5-19)18-15(17-11)16-10-12-2-6-23-7-3-12/h12H,2-10H2,1H3,(H,16,17,18). The van der Waals surface area contributed by atoms with Gasteiger partial charge in [-0.25, -0.2) is 4.98 Å². The minimum atomic E-state index is -0.400. The van der Waals surface area contributed by atoms with E-state index in [2.05, 4.69) is 15.3 Å². The largest absolute Gasteiger partial charge is 0.381 e. The number of nitrogens with one attached hydrogen (secondary N) is 1. The van der Waals surface area contributed by atoms with E-state index in [-0.39, 0.29) is 5.69 Å². The van der Waals surface area contributed by atoms with Crippen molar-refractivity contribution in [2.75, 3.05) is 56.3 Å². The van der Waals surface area contributed by atoms with Crippen LogP contribution in [0.3, 0.4) is 0 Å². The number of nitrogens with zero attached hydrogens (tertiary/aromatic N) is 4. The van der Waals surface area contributed by atoms with Crippen LogP contribution in [0.2, 0.25) is 0 Å². The van der Waals surface area contributed by atoms with Crippen molar-refractivity contribution in [1.29, 1.82) is 0 Å². The molecule has 0 bridgehead atoms. The van der Waals surface area contributed by atoms with Gasteiger partial charge in [0.1, 0.15) is 5.69 Å². The summed E-state index contributed by atoms with van der Waals surface area (Å²) in [6.45, 7) is 6.26. The first-order chi connectivity index (χ1) is 11.6. The first-order valence-corrected chi connectivity index (χ1v) is 8.32. The highest BCUT2D eigenvalue weighted by Crippen LogP contribution is 2.30. The minimum absolute atomic E-state index is 0.0199. The van der Waals surface area contributed by atoms with Gasteiger partial charge in [0.2, 0.25) is 11.8 Å². The Morgan fingerprint density at radius 3 is 2.54 bits per heavy atom. The molecule has 0 spiro atoms. The molecule has 2 aliphatic rings. The number of aromatic nitrogens is 2. The second-order valence-electron chi connectivity index (χ2n) is 6.10. The van der Waals surface area contributed by atoms with Crippen LogP contribution in [0.25, 0.3) is 0 Å². The van der Waals surface area contributed by atoms with Crippen molar-refractivity contribution in [3.8, 4) is 0 Å². The predicted octanol–water partition coefficient (Wildman–Crippen LogP) is 1.37. The van der Waals surface area contributed by atoms with Crippen LogP contribution in [0.4, 0.5) is 17.5 Å². The topological polar surface area (TPSA) is 103 Å². The molecule has 2 aliphatic heterocycles. The maximum atomic E-state index is 11.4. The van der Waals surface area contributed by atoms with Crippen molar-refractivity contribution in [2.45, 2.75) is 19.8 Å². The van der Waals surface area contributed by atoms with Crippen molar-refractivity contribution >= 4 is 17.5 Å². The van der Waals surface area contributed by atoms with Crippen molar-refractivity contribution in [3.05, 3.63) is 15.8 Å². The lowest BCUT2D eigenvalue weighted by molar-refractivity contribution is -0.385. The van der Waals surface area contributed by atoms with Crippen LogP contribution in [0, 0.1) is 23.0 Å². The molecule has 2 fully saturated rings. The summed E-state index contributed by atoms with van der Waals surface area (Å²) in [5.41, 5.74) is 0.361. The average Bonchev–Trinajstić information content (AvgIpc) is 2.60. The van der Waals surface area contributed by atoms with E-state index < -0.39 is 4.92 Å². The van der Waals surface area contributed by atoms with Crippen LogP contribution in [0.5, 0.6) is 0 Å². The van der Waals surface area contributed by atoms with E-state index >= 15 is 0 Å². The van der Waals surface area contributed by atoms with Gasteiger partial charge in [-0.15, -0.1) is 0 Å². The second-order valence-corrected chi connectivity index (χ2v) is 6.10. The summed E-state index contributed by atoms with van der Waals surface area (Å²) in [6.07, 6.45) is 2.02. The first-order valence-electron chi connectivity index (χ1n) is 8.32. The summed E-state index contributed by atoms with van der Waals surface area (Å²) in [5, 5.41) is 14.7. The average molecular weight is 337 g/mol. The number of anilines is 2. The molecule has 0 atom stereocenters. The van der Waals surface area contributed by atoms with Crippen molar-refractivity contribution in [2.24, 2.45) is 5.92 Å². The fourth-order valence-corrected chi connectivity index (χ4v) is 3.03. The molecule has 3 rings (SSSR count). The van der Waals surface area contributed by atoms with E-state index in [0.717, 1.165) is 32.6 Å². The van der Waals surface area contributed by atoms with E-state index in [1.807, 2.05) is 4.90 Å². The zero-order valence-corrected chi connectivity index (χ0v) is 13.9. The summed E-state index contributed by atoms with van der Waals surface area (Å²) in [6, 6.07) is 0. The van der Waals surface area contributed by atoms with E-state index in [1.165, 1.54) is 0 Å². The van der Waals surface area contributed by atoms with Crippen LogP contribution in [-0.4, -0.2) is 61.0 Å². The van der Waals surface area contributed by atoms with Gasteiger partial charge in [-0.05, 0) is 25.7 Å². The van der Waals surface area contributed by atoms with Gasteiger partial charge in [0.15, 0.2) is 0 Å². The van der Waals surface area contributed by atoms with Crippen LogP contribution in [0.15, 0.2) is 0 Å². The number of rotatable bonds is 5. The van der Waals surface area contributed by atoms with Gasteiger partial charge in [-0.1, -0.05) is 0 Å². The van der Waals surface area contributed by atoms with E-state index in [1.54, 1.807) is 6.92 Å². The molecule has 1 aromatic heterocycles. The smallest absolute Gasteiger partial charge is 0.332 e. The summed E-state index contributed by atoms with van der Waals surface area (Å²) in [7, 11) is 0. The lowest BCUT2D eigenvalue weighted by Gasteiger charge is -2.28. The van der Waals surface area contributed by atoms with Crippen LogP contribution in [0.1, 0.15) is 18.5 Å². The molecule has 1 aromatic rings. The number of aryl methyl sites for hydroxylation is 1. The van der Waals surface area contributed by atoms with Gasteiger partial charge in [0.05, 0.1) is 18.1 Å². The number of hydrogen-bond donors (Lipinski definition) is 1. The first kappa shape index (κ1) is 16.8. The highest BCUT2D eigenvalue weighted by atomic mass is 16.6. The molecule has 0 aromatic carbocycles. The fraction of sp³-hybridized carbons (Fsp3) is 0.733. The van der Waals surface area contributed by atoms with Gasteiger partial charge in [0, 0.05) is 32.8 Å². The Morgan fingerprint density at radius 2 is 1.88 bits per heavy atom. The van der Waals surface area contributed by atoms with Crippen molar-refractivity contribution in [3.63, 3.8) is 0 Å². The van der Waals surface area contributed by atoms with Gasteiger partial charge in [-0.2, -0.15) is 4.98 Å². The fourth-order valence-electron chi connectivity index (χ4n) is 3.03. The highest BCUT2D eigenvalue weighted by Gasteiger charge is 2.27. The SMILES string of the molecule is Cc1nc(NCC2CCOCC2)nc(N2CCOCC2)c1[N+](=O)[O-]. The van der Waals surface area contributed by atoms with Gasteiger partial charge in [0.25, 0.3) is 0 Å². The molecule has 9 heteroatoms. The minimum Gasteiger partial charge on any atom is -0.381 e. The molecule has 24 heavy (non-hydrogen) atoms. The molecule has 0 saturated carbocycles. The Balaban J connectivity index is 1.79. The van der Waals surface area contributed by atoms with Crippen molar-refractivity contribution < 1.29 is 14.4 Å². The molecule has 0 unspecified atom stereocenters. The Hall–Kier alpha value is -2.00. The number of hydrogen-bond acceptors (Lipinski definition) is 8. The lowest BCUT2D eigenvalue weighted by atomic mass is 10.0. The summed E-state index contributed by atoms with van der Waals surface area (Å²) < 4.78 is 10.7. The van der Waals surface area contributed by atoms with E-state index in [4.69, 9.17) is 9.47 Å². The third-order valence-corrected chi connectivity index (χ3v) is 4.42. The van der Waals surface area contributed by atoms with Crippen LogP contribution in [-0.2, 0) is 9.47 Å². The molecule has 0 aliphatic carbocycles. The Labute approximate surface area is 140 Å². The molecule has 0 radical (unpaired) electrons. The highest BCUT2D eigenvalue weighted by molar-refractivity contribution is 5.62. The molecule has 2 saturated heterocycles. The summed E-state index contributed by atoms with van der Waals surface area (Å²) >= 11 is 0. The van der Waals surface area contributed by atoms with Crippen molar-refractivity contribution in [1.82, 2.24) is 9.97 Å². The Kier molecular flexibility index (Phi) is 5.41. The maximum absolute atomic E-state index is 11.4. The predicted molar refractivity (Wildman–Crippen MR) is 88.5 cm³/mol. The maximum Gasteiger partial charge on any atom is 0.332 e. The Bertz CT molecular complexity index is 585. The zero-order valence-electron chi connectivity index (χ0n) is 13.9. The third kappa shape index (κ3) is 3.90. The van der Waals surface area contributed by atoms with Gasteiger partial charge < -0.3 is 19.7 Å². The second kappa shape index (κ2) is 7.71. The number of nitro groups is 1. The molecule has 132 valence electrons. The van der Waals surface area contributed by atoms with Gasteiger partial charge >= 0.3 is 5.69 Å². The third-order valence-electron chi connectivity index (χ3n) is 4.42. The molecule has 3 heterocycles. The Morgan fingerprint density at radius 1 is 1.21 bits per heavy atom. The summed E-state index contributed by atoms with van der Waals surface area (Å²) in [5.74, 6) is 1.35. The zero-order chi connectivity index (χ0) is 16.9. The monoisotopic (exact) mass is 337 g/mol.